The van der Waals surface area contributed by atoms with Crippen molar-refractivity contribution in [3.8, 4) is 0 Å². The van der Waals surface area contributed by atoms with Gasteiger partial charge in [0, 0.05) is 31.5 Å². The van der Waals surface area contributed by atoms with E-state index in [9.17, 15) is 4.79 Å². The van der Waals surface area contributed by atoms with Crippen molar-refractivity contribution in [2.24, 2.45) is 0 Å². The molecule has 1 amide bonds. The summed E-state index contributed by atoms with van der Waals surface area (Å²) >= 11 is 5.87. The molecule has 23 heavy (non-hydrogen) atoms. The first-order chi connectivity index (χ1) is 11.2. The Hall–Kier alpha value is -2.08. The van der Waals surface area contributed by atoms with E-state index < -0.39 is 0 Å². The summed E-state index contributed by atoms with van der Waals surface area (Å²) in [4.78, 5) is 21.5. The van der Waals surface area contributed by atoms with E-state index in [0.29, 0.717) is 17.6 Å². The van der Waals surface area contributed by atoms with E-state index in [1.54, 1.807) is 23.3 Å². The Labute approximate surface area is 139 Å². The molecular formula is C16H18ClN5O. The highest BCUT2D eigenvalue weighted by Gasteiger charge is 2.33. The molecule has 2 aromatic rings. The summed E-state index contributed by atoms with van der Waals surface area (Å²) in [5.41, 5.74) is 2.15. The van der Waals surface area contributed by atoms with Crippen LogP contribution >= 0.6 is 11.6 Å². The lowest BCUT2D eigenvalue weighted by molar-refractivity contribution is -0.132. The van der Waals surface area contributed by atoms with E-state index in [0.717, 1.165) is 31.6 Å². The second-order valence-electron chi connectivity index (χ2n) is 6.09. The van der Waals surface area contributed by atoms with Crippen molar-refractivity contribution < 1.29 is 4.79 Å². The van der Waals surface area contributed by atoms with Crippen LogP contribution in [0.15, 0.2) is 30.7 Å². The molecule has 0 spiro atoms. The highest BCUT2D eigenvalue weighted by Crippen LogP contribution is 2.32. The molecule has 6 nitrogen and oxygen atoms in total. The van der Waals surface area contributed by atoms with Crippen molar-refractivity contribution in [1.82, 2.24) is 19.7 Å². The predicted molar refractivity (Wildman–Crippen MR) is 87.3 cm³/mol. The van der Waals surface area contributed by atoms with Crippen molar-refractivity contribution in [1.29, 1.82) is 0 Å². The maximum absolute atomic E-state index is 12.7. The van der Waals surface area contributed by atoms with Crippen LogP contribution < -0.4 is 4.90 Å². The summed E-state index contributed by atoms with van der Waals surface area (Å²) in [5, 5.41) is 4.64. The van der Waals surface area contributed by atoms with Crippen LogP contribution in [0.2, 0.25) is 5.02 Å². The van der Waals surface area contributed by atoms with Gasteiger partial charge in [-0.15, -0.1) is 0 Å². The van der Waals surface area contributed by atoms with Crippen LogP contribution in [0, 0.1) is 0 Å². The van der Waals surface area contributed by atoms with Crippen LogP contribution in [0.1, 0.15) is 18.5 Å². The molecule has 0 aromatic carbocycles. The molecule has 2 aromatic heterocycles. The van der Waals surface area contributed by atoms with Crippen molar-refractivity contribution in [3.05, 3.63) is 41.4 Å². The average Bonchev–Trinajstić information content (AvgIpc) is 3.13. The number of rotatable bonds is 2. The Morgan fingerprint density at radius 3 is 3.17 bits per heavy atom. The van der Waals surface area contributed by atoms with Crippen molar-refractivity contribution in [3.63, 3.8) is 0 Å². The summed E-state index contributed by atoms with van der Waals surface area (Å²) in [7, 11) is 0. The molecule has 2 aliphatic heterocycles. The summed E-state index contributed by atoms with van der Waals surface area (Å²) in [6.45, 7) is 2.54. The number of nitrogens with zero attached hydrogens (tertiary/aromatic N) is 5. The summed E-state index contributed by atoms with van der Waals surface area (Å²) in [6, 6.07) is 4.46. The van der Waals surface area contributed by atoms with Crippen LogP contribution in [0.5, 0.6) is 0 Å². The molecule has 2 aliphatic rings. The van der Waals surface area contributed by atoms with E-state index in [2.05, 4.69) is 21.0 Å². The summed E-state index contributed by atoms with van der Waals surface area (Å²) in [5.74, 6) is 0.0510. The topological polar surface area (TPSA) is 54.3 Å². The molecule has 4 rings (SSSR count). The van der Waals surface area contributed by atoms with Gasteiger partial charge >= 0.3 is 0 Å². The average molecular weight is 332 g/mol. The van der Waals surface area contributed by atoms with Crippen molar-refractivity contribution >= 4 is 23.2 Å². The number of amides is 1. The van der Waals surface area contributed by atoms with Crippen LogP contribution in [-0.2, 0) is 17.9 Å². The zero-order valence-electron chi connectivity index (χ0n) is 12.7. The van der Waals surface area contributed by atoms with E-state index in [1.807, 2.05) is 11.0 Å². The number of aromatic nitrogens is 3. The van der Waals surface area contributed by atoms with Gasteiger partial charge in [-0.1, -0.05) is 11.6 Å². The zero-order chi connectivity index (χ0) is 15.8. The van der Waals surface area contributed by atoms with Gasteiger partial charge in [-0.25, -0.2) is 0 Å². The molecule has 1 atom stereocenters. The van der Waals surface area contributed by atoms with Gasteiger partial charge in [-0.05, 0) is 25.0 Å². The monoisotopic (exact) mass is 331 g/mol. The SMILES string of the molecule is O=C(Cn1cc(Cl)cn1)N1Cc2ncccc2N2CCC[C@H]2C1. The molecule has 7 heteroatoms. The van der Waals surface area contributed by atoms with Crippen LogP contribution in [0.3, 0.4) is 0 Å². The normalized spacial score (nSPS) is 20.1. The van der Waals surface area contributed by atoms with Gasteiger partial charge in [0.2, 0.25) is 5.91 Å². The third kappa shape index (κ3) is 2.79. The van der Waals surface area contributed by atoms with E-state index in [4.69, 9.17) is 11.6 Å². The highest BCUT2D eigenvalue weighted by molar-refractivity contribution is 6.30. The third-order valence-corrected chi connectivity index (χ3v) is 4.77. The Kier molecular flexibility index (Phi) is 3.69. The fourth-order valence-corrected chi connectivity index (χ4v) is 3.66. The van der Waals surface area contributed by atoms with Gasteiger partial charge in [-0.3, -0.25) is 14.5 Å². The lowest BCUT2D eigenvalue weighted by Crippen LogP contribution is -2.41. The number of anilines is 1. The second kappa shape index (κ2) is 5.85. The van der Waals surface area contributed by atoms with Crippen LogP contribution in [0.4, 0.5) is 5.69 Å². The zero-order valence-corrected chi connectivity index (χ0v) is 13.5. The first kappa shape index (κ1) is 14.5. The molecule has 0 saturated carbocycles. The summed E-state index contributed by atoms with van der Waals surface area (Å²) in [6.07, 6.45) is 7.30. The van der Waals surface area contributed by atoms with E-state index in [-0.39, 0.29) is 12.5 Å². The first-order valence-electron chi connectivity index (χ1n) is 7.87. The number of carbonyl (C=O) groups is 1. The standard InChI is InChI=1S/C16H18ClN5O/c17-12-7-19-21(8-12)11-16(23)20-9-13-3-2-6-22(13)15-4-1-5-18-14(15)10-20/h1,4-5,7-8,13H,2-3,6,9-11H2/t13-/m0/s1. The smallest absolute Gasteiger partial charge is 0.244 e. The fraction of sp³-hybridized carbons (Fsp3) is 0.438. The van der Waals surface area contributed by atoms with Gasteiger partial charge < -0.3 is 9.80 Å². The molecule has 120 valence electrons. The molecule has 1 fully saturated rings. The molecule has 0 aliphatic carbocycles. The highest BCUT2D eigenvalue weighted by atomic mass is 35.5. The van der Waals surface area contributed by atoms with Crippen LogP contribution in [-0.4, -0.2) is 44.7 Å². The summed E-state index contributed by atoms with van der Waals surface area (Å²) < 4.78 is 1.58. The molecule has 0 N–H and O–H groups in total. The van der Waals surface area contributed by atoms with Gasteiger partial charge in [0.25, 0.3) is 0 Å². The first-order valence-corrected chi connectivity index (χ1v) is 8.25. The van der Waals surface area contributed by atoms with Gasteiger partial charge in [0.1, 0.15) is 6.54 Å². The molecule has 0 unspecified atom stereocenters. The number of fused-ring (bicyclic) bond motifs is 3. The molecule has 0 radical (unpaired) electrons. The minimum absolute atomic E-state index is 0.0510. The fourth-order valence-electron chi connectivity index (χ4n) is 3.51. The van der Waals surface area contributed by atoms with Gasteiger partial charge in [0.15, 0.2) is 0 Å². The predicted octanol–water partition coefficient (Wildman–Crippen LogP) is 1.94. The minimum atomic E-state index is 0.0510. The molecule has 0 bridgehead atoms. The number of halogens is 1. The Morgan fingerprint density at radius 2 is 2.35 bits per heavy atom. The number of carbonyl (C=O) groups excluding carboxylic acids is 1. The molecular weight excluding hydrogens is 314 g/mol. The maximum Gasteiger partial charge on any atom is 0.244 e. The van der Waals surface area contributed by atoms with Gasteiger partial charge in [0.05, 0.1) is 29.1 Å². The number of hydrogen-bond donors (Lipinski definition) is 0. The quantitative estimate of drug-likeness (QED) is 0.844. The minimum Gasteiger partial charge on any atom is -0.365 e. The Balaban J connectivity index is 1.59. The molecule has 4 heterocycles. The largest absolute Gasteiger partial charge is 0.365 e. The van der Waals surface area contributed by atoms with Crippen molar-refractivity contribution in [2.45, 2.75) is 32.0 Å². The van der Waals surface area contributed by atoms with Crippen molar-refractivity contribution in [2.75, 3.05) is 18.0 Å². The molecule has 1 saturated heterocycles. The Bertz CT molecular complexity index is 731. The third-order valence-electron chi connectivity index (χ3n) is 4.58. The van der Waals surface area contributed by atoms with E-state index >= 15 is 0 Å². The van der Waals surface area contributed by atoms with E-state index in [1.165, 1.54) is 5.69 Å². The number of pyridine rings is 1. The van der Waals surface area contributed by atoms with Gasteiger partial charge in [-0.2, -0.15) is 5.10 Å². The second-order valence-corrected chi connectivity index (χ2v) is 6.53. The van der Waals surface area contributed by atoms with Crippen LogP contribution in [0.25, 0.3) is 0 Å². The maximum atomic E-state index is 12.7. The number of hydrogen-bond acceptors (Lipinski definition) is 4. The Morgan fingerprint density at radius 1 is 1.43 bits per heavy atom. The lowest BCUT2D eigenvalue weighted by atomic mass is 10.2. The lowest BCUT2D eigenvalue weighted by Gasteiger charge is -2.27.